The van der Waals surface area contributed by atoms with Gasteiger partial charge in [0.15, 0.2) is 0 Å². The van der Waals surface area contributed by atoms with Crippen LogP contribution in [-0.2, 0) is 16.1 Å². The first kappa shape index (κ1) is 19.3. The second kappa shape index (κ2) is 6.91. The van der Waals surface area contributed by atoms with E-state index in [1.165, 1.54) is 0 Å². The Kier molecular flexibility index (Phi) is 4.04. The minimum absolute atomic E-state index is 0.129. The molecule has 3 fully saturated rings. The van der Waals surface area contributed by atoms with Crippen molar-refractivity contribution in [1.29, 1.82) is 0 Å². The van der Waals surface area contributed by atoms with Gasteiger partial charge in [-0.1, -0.05) is 54.1 Å². The van der Waals surface area contributed by atoms with Crippen LogP contribution in [0.2, 0.25) is 5.02 Å². The number of carbonyl (C=O) groups excluding carboxylic acids is 2. The van der Waals surface area contributed by atoms with Crippen molar-refractivity contribution in [2.75, 3.05) is 0 Å². The molecule has 2 heterocycles. The molecule has 6 atom stereocenters. The Morgan fingerprint density at radius 1 is 0.939 bits per heavy atom. The molecule has 2 saturated carbocycles. The van der Waals surface area contributed by atoms with E-state index in [9.17, 15) is 9.59 Å². The van der Waals surface area contributed by atoms with Gasteiger partial charge in [-0.05, 0) is 53.9 Å². The molecular formula is C27H22ClN3O2. The highest BCUT2D eigenvalue weighted by molar-refractivity contribution is 6.30. The highest BCUT2D eigenvalue weighted by atomic mass is 35.5. The van der Waals surface area contributed by atoms with Gasteiger partial charge in [0.2, 0.25) is 0 Å². The van der Waals surface area contributed by atoms with Crippen LogP contribution in [0.25, 0.3) is 10.9 Å². The van der Waals surface area contributed by atoms with Crippen LogP contribution in [0.3, 0.4) is 0 Å². The molecule has 4 aliphatic carbocycles. The van der Waals surface area contributed by atoms with Crippen molar-refractivity contribution in [2.45, 2.75) is 13.0 Å². The lowest BCUT2D eigenvalue weighted by molar-refractivity contribution is -0.140. The van der Waals surface area contributed by atoms with Crippen LogP contribution < -0.4 is 0 Å². The maximum atomic E-state index is 13.2. The molecule has 5 nitrogen and oxygen atoms in total. The summed E-state index contributed by atoms with van der Waals surface area (Å²) in [6, 6.07) is 15.9. The van der Waals surface area contributed by atoms with Crippen molar-refractivity contribution in [1.82, 2.24) is 9.58 Å². The molecule has 1 saturated heterocycles. The highest BCUT2D eigenvalue weighted by Crippen LogP contribution is 2.65. The first-order valence-corrected chi connectivity index (χ1v) is 11.9. The van der Waals surface area contributed by atoms with Crippen molar-refractivity contribution in [3.05, 3.63) is 83.0 Å². The fourth-order valence-electron chi connectivity index (χ4n) is 6.47. The fraction of sp³-hybridized carbons (Fsp3) is 0.296. The Bertz CT molecular complexity index is 1340. The predicted octanol–water partition coefficient (Wildman–Crippen LogP) is 4.73. The number of halogens is 1. The van der Waals surface area contributed by atoms with Crippen LogP contribution in [0.1, 0.15) is 17.5 Å². The molecule has 6 heteroatoms. The second-order valence-electron chi connectivity index (χ2n) is 9.74. The van der Waals surface area contributed by atoms with Gasteiger partial charge in [0.05, 0.1) is 18.1 Å². The Morgan fingerprint density at radius 2 is 1.61 bits per heavy atom. The van der Waals surface area contributed by atoms with Gasteiger partial charge < -0.3 is 4.57 Å². The largest absolute Gasteiger partial charge is 0.342 e. The van der Waals surface area contributed by atoms with E-state index in [0.717, 1.165) is 33.5 Å². The second-order valence-corrected chi connectivity index (χ2v) is 10.2. The maximum Gasteiger partial charge on any atom is 0.254 e. The number of hydrazone groups is 1. The van der Waals surface area contributed by atoms with Gasteiger partial charge in [-0.3, -0.25) is 9.59 Å². The van der Waals surface area contributed by atoms with Gasteiger partial charge in [0, 0.05) is 34.2 Å². The minimum Gasteiger partial charge on any atom is -0.342 e. The van der Waals surface area contributed by atoms with E-state index in [4.69, 9.17) is 11.6 Å². The van der Waals surface area contributed by atoms with Gasteiger partial charge in [-0.25, -0.2) is 0 Å². The average molecular weight is 456 g/mol. The zero-order chi connectivity index (χ0) is 22.3. The normalized spacial score (nSPS) is 31.6. The number of allylic oxidation sites excluding steroid dienone is 2. The third-order valence-corrected chi connectivity index (χ3v) is 8.29. The van der Waals surface area contributed by atoms with E-state index in [2.05, 4.69) is 27.9 Å². The zero-order valence-electron chi connectivity index (χ0n) is 17.8. The number of fused-ring (bicyclic) bond motifs is 1. The summed E-state index contributed by atoms with van der Waals surface area (Å²) in [5.41, 5.74) is 3.10. The molecule has 2 aromatic carbocycles. The van der Waals surface area contributed by atoms with E-state index < -0.39 is 0 Å². The Hall–Kier alpha value is -3.18. The molecule has 1 aromatic heterocycles. The van der Waals surface area contributed by atoms with Gasteiger partial charge in [0.1, 0.15) is 0 Å². The lowest BCUT2D eigenvalue weighted by atomic mass is 9.63. The topological polar surface area (TPSA) is 54.7 Å². The van der Waals surface area contributed by atoms with E-state index in [0.29, 0.717) is 23.4 Å². The quantitative estimate of drug-likeness (QED) is 0.324. The molecule has 8 rings (SSSR count). The van der Waals surface area contributed by atoms with Crippen LogP contribution in [0.5, 0.6) is 0 Å². The molecular weight excluding hydrogens is 434 g/mol. The molecule has 0 radical (unpaired) electrons. The molecule has 5 aliphatic rings. The molecule has 0 unspecified atom stereocenters. The predicted molar refractivity (Wildman–Crippen MR) is 127 cm³/mol. The van der Waals surface area contributed by atoms with Crippen molar-refractivity contribution in [2.24, 2.45) is 40.6 Å². The summed E-state index contributed by atoms with van der Waals surface area (Å²) >= 11 is 6.03. The van der Waals surface area contributed by atoms with Crippen LogP contribution in [0.15, 0.2) is 72.0 Å². The molecule has 3 aromatic rings. The molecule has 1 aliphatic heterocycles. The number of imide groups is 1. The number of aromatic nitrogens is 1. The lowest BCUT2D eigenvalue weighted by Crippen LogP contribution is -2.40. The average Bonchev–Trinajstić information content (AvgIpc) is 3.54. The number of amides is 2. The summed E-state index contributed by atoms with van der Waals surface area (Å²) in [7, 11) is 0. The van der Waals surface area contributed by atoms with Gasteiger partial charge in [-0.15, -0.1) is 0 Å². The summed E-state index contributed by atoms with van der Waals surface area (Å²) in [5.74, 6) is 0.900. The number of benzene rings is 2. The maximum absolute atomic E-state index is 13.2. The Morgan fingerprint density at radius 3 is 2.30 bits per heavy atom. The van der Waals surface area contributed by atoms with Gasteiger partial charge >= 0.3 is 0 Å². The van der Waals surface area contributed by atoms with Crippen LogP contribution >= 0.6 is 11.6 Å². The standard InChI is InChI=1S/C27H22ClN3O2/c28-17-7-5-15(6-8-17)13-30-14-16(18-3-1-2-4-23(18)30)12-29-31-26(32)24-19-9-10-20(22-11-21(19)22)25(24)27(31)33/h1-10,12,14,19-22,24-25H,11,13H2/b29-12-/t19-,20-,21-,22+,24-,25+/m0/s1. The number of hydrogen-bond donors (Lipinski definition) is 0. The van der Waals surface area contributed by atoms with E-state index in [-0.39, 0.29) is 35.5 Å². The van der Waals surface area contributed by atoms with E-state index in [1.807, 2.05) is 48.7 Å². The fourth-order valence-corrected chi connectivity index (χ4v) is 6.60. The SMILES string of the molecule is O=C1[C@@H]2[C@H]3C=C[C@@H]([C@@H]4C[C@H]34)[C@@H]2C(=O)N1/N=C\c1cn(Cc2ccc(Cl)cc2)c2ccccc12. The highest BCUT2D eigenvalue weighted by Gasteiger charge is 2.67. The number of nitrogens with zero attached hydrogens (tertiary/aromatic N) is 3. The zero-order valence-corrected chi connectivity index (χ0v) is 18.6. The molecule has 2 bridgehead atoms. The minimum atomic E-state index is -0.223. The number of para-hydroxylation sites is 1. The number of carbonyl (C=O) groups is 2. The lowest BCUT2D eigenvalue weighted by Gasteiger charge is -2.37. The van der Waals surface area contributed by atoms with Crippen LogP contribution in [0, 0.1) is 35.5 Å². The van der Waals surface area contributed by atoms with Gasteiger partial charge in [0.25, 0.3) is 11.8 Å². The van der Waals surface area contributed by atoms with Crippen molar-refractivity contribution in [3.63, 3.8) is 0 Å². The molecule has 33 heavy (non-hydrogen) atoms. The summed E-state index contributed by atoms with van der Waals surface area (Å²) < 4.78 is 2.16. The van der Waals surface area contributed by atoms with Gasteiger partial charge in [-0.2, -0.15) is 10.1 Å². The molecule has 2 amide bonds. The van der Waals surface area contributed by atoms with Crippen molar-refractivity contribution in [3.8, 4) is 0 Å². The summed E-state index contributed by atoms with van der Waals surface area (Å²) in [6.45, 7) is 0.690. The van der Waals surface area contributed by atoms with Crippen LogP contribution in [-0.4, -0.2) is 27.6 Å². The first-order valence-electron chi connectivity index (χ1n) is 11.5. The van der Waals surface area contributed by atoms with E-state index >= 15 is 0 Å². The van der Waals surface area contributed by atoms with Crippen LogP contribution in [0.4, 0.5) is 0 Å². The summed E-state index contributed by atoms with van der Waals surface area (Å²) in [4.78, 5) is 26.4. The van der Waals surface area contributed by atoms with Crippen molar-refractivity contribution < 1.29 is 9.59 Å². The van der Waals surface area contributed by atoms with Crippen molar-refractivity contribution >= 4 is 40.5 Å². The summed E-state index contributed by atoms with van der Waals surface area (Å²) in [6.07, 6.45) is 9.23. The Balaban J connectivity index is 1.20. The monoisotopic (exact) mass is 455 g/mol. The Labute approximate surface area is 196 Å². The number of rotatable bonds is 4. The van der Waals surface area contributed by atoms with E-state index in [1.54, 1.807) is 6.21 Å². The summed E-state index contributed by atoms with van der Waals surface area (Å²) in [5, 5.41) is 7.35. The third-order valence-electron chi connectivity index (χ3n) is 8.04. The smallest absolute Gasteiger partial charge is 0.254 e. The third kappa shape index (κ3) is 2.81. The number of hydrogen-bond acceptors (Lipinski definition) is 3. The molecule has 164 valence electrons. The first-order chi connectivity index (χ1) is 16.1. The molecule has 0 N–H and O–H groups in total. The molecule has 0 spiro atoms.